The molecule has 1 aromatic carbocycles. The van der Waals surface area contributed by atoms with E-state index in [9.17, 15) is 14.7 Å². The Bertz CT molecular complexity index is 496. The van der Waals surface area contributed by atoms with Crippen LogP contribution in [0.3, 0.4) is 0 Å². The molecule has 0 saturated heterocycles. The van der Waals surface area contributed by atoms with E-state index in [1.165, 1.54) is 0 Å². The summed E-state index contributed by atoms with van der Waals surface area (Å²) in [6, 6.07) is 9.24. The van der Waals surface area contributed by atoms with Gasteiger partial charge in [0.2, 0.25) is 5.91 Å². The van der Waals surface area contributed by atoms with E-state index < -0.39 is 17.4 Å². The normalized spacial score (nSPS) is 18.7. The van der Waals surface area contributed by atoms with Gasteiger partial charge in [0.05, 0.1) is 5.92 Å². The molecule has 5 nitrogen and oxygen atoms in total. The Kier molecular flexibility index (Phi) is 4.96. The predicted molar refractivity (Wildman–Crippen MR) is 79.8 cm³/mol. The molecule has 1 amide bonds. The molecule has 5 heteroatoms. The van der Waals surface area contributed by atoms with E-state index in [4.69, 9.17) is 5.73 Å². The number of carbonyl (C=O) groups is 2. The topological polar surface area (TPSA) is 92.4 Å². The average Bonchev–Trinajstić information content (AvgIpc) is 2.50. The van der Waals surface area contributed by atoms with Gasteiger partial charge in [0, 0.05) is 6.54 Å². The highest BCUT2D eigenvalue weighted by molar-refractivity contribution is 5.90. The zero-order chi connectivity index (χ0) is 15.3. The summed E-state index contributed by atoms with van der Waals surface area (Å²) in [5, 5.41) is 12.3. The highest BCUT2D eigenvalue weighted by Crippen LogP contribution is 2.29. The Morgan fingerprint density at radius 1 is 1.19 bits per heavy atom. The predicted octanol–water partition coefficient (Wildman–Crippen LogP) is 1.63. The molecule has 1 aliphatic rings. The van der Waals surface area contributed by atoms with E-state index in [0.29, 0.717) is 12.8 Å². The Balaban J connectivity index is 2.16. The summed E-state index contributed by atoms with van der Waals surface area (Å²) >= 11 is 0. The SMILES string of the molecule is NCC(C(=O)NC1(C(=O)O)CCCCC1)c1ccccc1. The molecule has 2 rings (SSSR count). The molecule has 0 radical (unpaired) electrons. The van der Waals surface area contributed by atoms with Crippen molar-refractivity contribution in [2.24, 2.45) is 5.73 Å². The molecule has 1 aliphatic carbocycles. The summed E-state index contributed by atoms with van der Waals surface area (Å²) in [5.74, 6) is -1.75. The third kappa shape index (κ3) is 3.42. The monoisotopic (exact) mass is 290 g/mol. The van der Waals surface area contributed by atoms with Gasteiger partial charge < -0.3 is 16.2 Å². The maximum absolute atomic E-state index is 12.5. The van der Waals surface area contributed by atoms with Crippen LogP contribution in [-0.4, -0.2) is 29.1 Å². The Labute approximate surface area is 124 Å². The fraction of sp³-hybridized carbons (Fsp3) is 0.500. The lowest BCUT2D eigenvalue weighted by Crippen LogP contribution is -2.57. The number of carboxylic acid groups (broad SMARTS) is 1. The standard InChI is InChI=1S/C16H22N2O3/c17-11-13(12-7-3-1-4-8-12)14(19)18-16(15(20)21)9-5-2-6-10-16/h1,3-4,7-8,13H,2,5-6,9-11,17H2,(H,18,19)(H,20,21). The molecule has 1 atom stereocenters. The molecule has 0 aromatic heterocycles. The van der Waals surface area contributed by atoms with Gasteiger partial charge in [-0.1, -0.05) is 49.6 Å². The molecule has 0 aliphatic heterocycles. The fourth-order valence-corrected chi connectivity index (χ4v) is 2.95. The summed E-state index contributed by atoms with van der Waals surface area (Å²) in [4.78, 5) is 24.1. The van der Waals surface area contributed by atoms with Crippen molar-refractivity contribution < 1.29 is 14.7 Å². The Morgan fingerprint density at radius 2 is 1.81 bits per heavy atom. The van der Waals surface area contributed by atoms with E-state index in [1.54, 1.807) is 0 Å². The van der Waals surface area contributed by atoms with E-state index in [0.717, 1.165) is 24.8 Å². The molecular weight excluding hydrogens is 268 g/mol. The molecule has 1 fully saturated rings. The summed E-state index contributed by atoms with van der Waals surface area (Å²) < 4.78 is 0. The summed E-state index contributed by atoms with van der Waals surface area (Å²) in [6.07, 6.45) is 3.64. The van der Waals surface area contributed by atoms with Gasteiger partial charge in [-0.15, -0.1) is 0 Å². The first kappa shape index (κ1) is 15.5. The molecule has 4 N–H and O–H groups in total. The number of hydrogen-bond acceptors (Lipinski definition) is 3. The maximum atomic E-state index is 12.5. The Morgan fingerprint density at radius 3 is 2.33 bits per heavy atom. The average molecular weight is 290 g/mol. The van der Waals surface area contributed by atoms with Crippen molar-refractivity contribution in [3.8, 4) is 0 Å². The van der Waals surface area contributed by atoms with Gasteiger partial charge >= 0.3 is 5.97 Å². The zero-order valence-electron chi connectivity index (χ0n) is 12.0. The molecular formula is C16H22N2O3. The molecule has 0 heterocycles. The number of amides is 1. The van der Waals surface area contributed by atoms with E-state index in [2.05, 4.69) is 5.32 Å². The first-order valence-corrected chi connectivity index (χ1v) is 7.39. The first-order chi connectivity index (χ1) is 10.1. The summed E-state index contributed by atoms with van der Waals surface area (Å²) in [6.45, 7) is 0.158. The number of nitrogens with two attached hydrogens (primary N) is 1. The number of carboxylic acids is 1. The second-order valence-corrected chi connectivity index (χ2v) is 5.64. The lowest BCUT2D eigenvalue weighted by Gasteiger charge is -2.35. The van der Waals surface area contributed by atoms with Crippen molar-refractivity contribution in [2.75, 3.05) is 6.54 Å². The van der Waals surface area contributed by atoms with Crippen LogP contribution in [0.5, 0.6) is 0 Å². The molecule has 0 bridgehead atoms. The highest BCUT2D eigenvalue weighted by atomic mass is 16.4. The second kappa shape index (κ2) is 6.72. The summed E-state index contributed by atoms with van der Waals surface area (Å²) in [7, 11) is 0. The lowest BCUT2D eigenvalue weighted by atomic mass is 9.81. The minimum Gasteiger partial charge on any atom is -0.480 e. The van der Waals surface area contributed by atoms with Crippen molar-refractivity contribution >= 4 is 11.9 Å². The van der Waals surface area contributed by atoms with Crippen molar-refractivity contribution in [1.29, 1.82) is 0 Å². The number of benzene rings is 1. The minimum atomic E-state index is -1.13. The van der Waals surface area contributed by atoms with Crippen LogP contribution < -0.4 is 11.1 Å². The number of aliphatic carboxylic acids is 1. The third-order valence-corrected chi connectivity index (χ3v) is 4.23. The van der Waals surface area contributed by atoms with Crippen LogP contribution in [0.2, 0.25) is 0 Å². The van der Waals surface area contributed by atoms with Gasteiger partial charge in [-0.2, -0.15) is 0 Å². The Hall–Kier alpha value is -1.88. The van der Waals surface area contributed by atoms with Crippen molar-refractivity contribution in [1.82, 2.24) is 5.32 Å². The molecule has 0 spiro atoms. The lowest BCUT2D eigenvalue weighted by molar-refractivity contribution is -0.149. The fourth-order valence-electron chi connectivity index (χ4n) is 2.95. The molecule has 114 valence electrons. The molecule has 1 aromatic rings. The van der Waals surface area contributed by atoms with Gasteiger partial charge in [0.1, 0.15) is 5.54 Å². The van der Waals surface area contributed by atoms with Gasteiger partial charge in [-0.25, -0.2) is 4.79 Å². The van der Waals surface area contributed by atoms with Crippen LogP contribution in [0.1, 0.15) is 43.6 Å². The number of hydrogen-bond donors (Lipinski definition) is 3. The van der Waals surface area contributed by atoms with Crippen molar-refractivity contribution in [3.05, 3.63) is 35.9 Å². The molecule has 1 unspecified atom stereocenters. The van der Waals surface area contributed by atoms with Crippen molar-refractivity contribution in [2.45, 2.75) is 43.6 Å². The van der Waals surface area contributed by atoms with Gasteiger partial charge in [0.15, 0.2) is 0 Å². The van der Waals surface area contributed by atoms with E-state index in [1.807, 2.05) is 30.3 Å². The molecule has 1 saturated carbocycles. The number of carbonyl (C=O) groups excluding carboxylic acids is 1. The van der Waals surface area contributed by atoms with Gasteiger partial charge in [0.25, 0.3) is 0 Å². The van der Waals surface area contributed by atoms with Crippen molar-refractivity contribution in [3.63, 3.8) is 0 Å². The van der Waals surface area contributed by atoms with Crippen LogP contribution in [0.4, 0.5) is 0 Å². The van der Waals surface area contributed by atoms with Crippen LogP contribution in [0, 0.1) is 0 Å². The minimum absolute atomic E-state index is 0.158. The van der Waals surface area contributed by atoms with Crippen LogP contribution in [0.25, 0.3) is 0 Å². The number of nitrogens with one attached hydrogen (secondary N) is 1. The maximum Gasteiger partial charge on any atom is 0.329 e. The third-order valence-electron chi connectivity index (χ3n) is 4.23. The van der Waals surface area contributed by atoms with Crippen LogP contribution >= 0.6 is 0 Å². The van der Waals surface area contributed by atoms with Gasteiger partial charge in [-0.05, 0) is 18.4 Å². The second-order valence-electron chi connectivity index (χ2n) is 5.64. The largest absolute Gasteiger partial charge is 0.480 e. The quantitative estimate of drug-likeness (QED) is 0.768. The smallest absolute Gasteiger partial charge is 0.329 e. The first-order valence-electron chi connectivity index (χ1n) is 7.39. The van der Waals surface area contributed by atoms with Crippen LogP contribution in [0.15, 0.2) is 30.3 Å². The highest BCUT2D eigenvalue weighted by Gasteiger charge is 2.42. The van der Waals surface area contributed by atoms with Gasteiger partial charge in [-0.3, -0.25) is 4.79 Å². The summed E-state index contributed by atoms with van der Waals surface area (Å²) in [5.41, 5.74) is 5.41. The van der Waals surface area contributed by atoms with E-state index >= 15 is 0 Å². The van der Waals surface area contributed by atoms with E-state index in [-0.39, 0.29) is 12.5 Å². The van der Waals surface area contributed by atoms with Crippen LogP contribution in [-0.2, 0) is 9.59 Å². The zero-order valence-corrected chi connectivity index (χ0v) is 12.0. The molecule has 21 heavy (non-hydrogen) atoms. The number of rotatable bonds is 5.